The molecular formula is C21H29FN2O3. The van der Waals surface area contributed by atoms with Crippen LogP contribution in [0.3, 0.4) is 0 Å². The summed E-state index contributed by atoms with van der Waals surface area (Å²) in [6.07, 6.45) is 3.60. The number of halogens is 1. The number of hydrogen-bond donors (Lipinski definition) is 1. The van der Waals surface area contributed by atoms with Crippen LogP contribution in [0, 0.1) is 11.7 Å². The van der Waals surface area contributed by atoms with E-state index in [1.807, 2.05) is 17.0 Å². The lowest BCUT2D eigenvalue weighted by atomic mass is 9.91. The van der Waals surface area contributed by atoms with Crippen molar-refractivity contribution in [1.29, 1.82) is 0 Å². The van der Waals surface area contributed by atoms with Crippen molar-refractivity contribution in [3.63, 3.8) is 0 Å². The summed E-state index contributed by atoms with van der Waals surface area (Å²) in [5.41, 5.74) is -0.293. The minimum atomic E-state index is -0.792. The number of rotatable bonds is 4. The number of ether oxygens (including phenoxy) is 1. The first-order valence-corrected chi connectivity index (χ1v) is 9.72. The van der Waals surface area contributed by atoms with E-state index in [0.29, 0.717) is 25.3 Å². The molecule has 27 heavy (non-hydrogen) atoms. The van der Waals surface area contributed by atoms with E-state index in [1.54, 1.807) is 20.8 Å². The van der Waals surface area contributed by atoms with Crippen LogP contribution in [0.1, 0.15) is 52.0 Å². The van der Waals surface area contributed by atoms with Crippen molar-refractivity contribution in [2.24, 2.45) is 5.92 Å². The second-order valence-corrected chi connectivity index (χ2v) is 8.80. The van der Waals surface area contributed by atoms with Crippen LogP contribution in [-0.2, 0) is 16.0 Å². The fourth-order valence-corrected chi connectivity index (χ4v) is 3.69. The van der Waals surface area contributed by atoms with Gasteiger partial charge in [0.05, 0.1) is 0 Å². The second-order valence-electron chi connectivity index (χ2n) is 8.80. The van der Waals surface area contributed by atoms with Gasteiger partial charge in [-0.25, -0.2) is 9.18 Å². The third-order valence-electron chi connectivity index (χ3n) is 5.14. The van der Waals surface area contributed by atoms with Crippen molar-refractivity contribution >= 4 is 12.0 Å². The Morgan fingerprint density at radius 3 is 2.52 bits per heavy atom. The molecule has 0 aromatic heterocycles. The summed E-state index contributed by atoms with van der Waals surface area (Å²) < 4.78 is 18.4. The maximum Gasteiger partial charge on any atom is 0.408 e. The summed E-state index contributed by atoms with van der Waals surface area (Å²) in [5.74, 6) is 0.116. The van der Waals surface area contributed by atoms with E-state index in [-0.39, 0.29) is 11.7 Å². The van der Waals surface area contributed by atoms with Crippen molar-refractivity contribution in [2.75, 3.05) is 13.1 Å². The zero-order chi connectivity index (χ0) is 19.7. The number of piperidine rings is 1. The maximum absolute atomic E-state index is 13.1. The fourth-order valence-electron chi connectivity index (χ4n) is 3.69. The molecule has 5 nitrogen and oxygen atoms in total. The van der Waals surface area contributed by atoms with Crippen molar-refractivity contribution in [2.45, 2.75) is 64.0 Å². The molecular weight excluding hydrogens is 347 g/mol. The predicted molar refractivity (Wildman–Crippen MR) is 101 cm³/mol. The van der Waals surface area contributed by atoms with Crippen LogP contribution in [0.4, 0.5) is 9.18 Å². The van der Waals surface area contributed by atoms with Crippen molar-refractivity contribution in [3.8, 4) is 0 Å². The Kier molecular flexibility index (Phi) is 5.45. The van der Waals surface area contributed by atoms with Gasteiger partial charge in [-0.15, -0.1) is 0 Å². The van der Waals surface area contributed by atoms with Gasteiger partial charge in [0.1, 0.15) is 17.0 Å². The van der Waals surface area contributed by atoms with Crippen molar-refractivity contribution in [1.82, 2.24) is 10.2 Å². The van der Waals surface area contributed by atoms with E-state index in [2.05, 4.69) is 5.32 Å². The van der Waals surface area contributed by atoms with E-state index in [9.17, 15) is 14.0 Å². The number of nitrogens with zero attached hydrogens (tertiary/aromatic N) is 1. The minimum absolute atomic E-state index is 0.00262. The van der Waals surface area contributed by atoms with Crippen LogP contribution in [0.25, 0.3) is 0 Å². The molecule has 1 atom stereocenters. The second kappa shape index (κ2) is 7.49. The fraction of sp³-hybridized carbons (Fsp3) is 0.619. The van der Waals surface area contributed by atoms with Crippen LogP contribution in [-0.4, -0.2) is 41.1 Å². The number of carbonyl (C=O) groups excluding carboxylic acids is 2. The number of carbonyl (C=O) groups is 2. The molecule has 2 aliphatic rings. The van der Waals surface area contributed by atoms with Crippen molar-refractivity contribution in [3.05, 3.63) is 35.6 Å². The van der Waals surface area contributed by atoms with Gasteiger partial charge in [0.15, 0.2) is 0 Å². The summed E-state index contributed by atoms with van der Waals surface area (Å²) in [5, 5.41) is 2.80. The highest BCUT2D eigenvalue weighted by molar-refractivity contribution is 5.93. The molecule has 1 aromatic carbocycles. The first-order chi connectivity index (χ1) is 12.7. The number of hydrogen-bond acceptors (Lipinski definition) is 3. The van der Waals surface area contributed by atoms with Gasteiger partial charge in [-0.05, 0) is 76.5 Å². The molecule has 1 aromatic rings. The molecule has 1 N–H and O–H groups in total. The summed E-state index contributed by atoms with van der Waals surface area (Å²) >= 11 is 0. The highest BCUT2D eigenvalue weighted by Gasteiger charge is 2.54. The number of amides is 2. The molecule has 1 heterocycles. The summed E-state index contributed by atoms with van der Waals surface area (Å²) in [6.45, 7) is 6.81. The number of nitrogens with one attached hydrogen (secondary N) is 1. The minimum Gasteiger partial charge on any atom is -0.444 e. The molecule has 1 aliphatic heterocycles. The van der Waals surface area contributed by atoms with Gasteiger partial charge in [-0.2, -0.15) is 0 Å². The molecule has 148 valence electrons. The van der Waals surface area contributed by atoms with Crippen LogP contribution in [0.2, 0.25) is 0 Å². The number of benzene rings is 1. The van der Waals surface area contributed by atoms with Crippen molar-refractivity contribution < 1.29 is 18.7 Å². The van der Waals surface area contributed by atoms with Crippen LogP contribution < -0.4 is 5.32 Å². The Bertz CT molecular complexity index is 692. The molecule has 1 aliphatic carbocycles. The lowest BCUT2D eigenvalue weighted by Gasteiger charge is -2.35. The Morgan fingerprint density at radius 1 is 1.26 bits per heavy atom. The van der Waals surface area contributed by atoms with Gasteiger partial charge < -0.3 is 15.0 Å². The summed E-state index contributed by atoms with van der Waals surface area (Å²) in [4.78, 5) is 27.0. The zero-order valence-electron chi connectivity index (χ0n) is 16.4. The third kappa shape index (κ3) is 5.21. The predicted octanol–water partition coefficient (Wildman–Crippen LogP) is 3.66. The third-order valence-corrected chi connectivity index (χ3v) is 5.14. The Hall–Kier alpha value is -2.11. The van der Waals surface area contributed by atoms with Gasteiger partial charge in [0.25, 0.3) is 0 Å². The first-order valence-electron chi connectivity index (χ1n) is 9.72. The Labute approximate surface area is 160 Å². The zero-order valence-corrected chi connectivity index (χ0v) is 16.4. The molecule has 1 saturated heterocycles. The Morgan fingerprint density at radius 2 is 1.93 bits per heavy atom. The number of alkyl carbamates (subject to hydrolysis) is 1. The first kappa shape index (κ1) is 19.6. The normalized spacial score (nSPS) is 21.5. The lowest BCUT2D eigenvalue weighted by molar-refractivity contribution is -0.136. The Balaban J connectivity index is 1.57. The SMILES string of the molecule is CC(C)(C)OC(=O)NC1(C(=O)N2CCC[C@@H](Cc3ccc(F)cc3)C2)CC1. The van der Waals surface area contributed by atoms with Gasteiger partial charge in [-0.3, -0.25) is 4.79 Å². The lowest BCUT2D eigenvalue weighted by Crippen LogP contribution is -2.54. The quantitative estimate of drug-likeness (QED) is 0.872. The van der Waals surface area contributed by atoms with E-state index in [0.717, 1.165) is 31.4 Å². The number of likely N-dealkylation sites (tertiary alicyclic amines) is 1. The molecule has 6 heteroatoms. The highest BCUT2D eigenvalue weighted by atomic mass is 19.1. The van der Waals surface area contributed by atoms with E-state index in [1.165, 1.54) is 12.1 Å². The average Bonchev–Trinajstić information content (AvgIpc) is 3.35. The molecule has 0 bridgehead atoms. The smallest absolute Gasteiger partial charge is 0.408 e. The molecule has 2 amide bonds. The van der Waals surface area contributed by atoms with Gasteiger partial charge in [0.2, 0.25) is 5.91 Å². The van der Waals surface area contributed by atoms with Crippen LogP contribution in [0.5, 0.6) is 0 Å². The summed E-state index contributed by atoms with van der Waals surface area (Å²) in [7, 11) is 0. The maximum atomic E-state index is 13.1. The van der Waals surface area contributed by atoms with E-state index >= 15 is 0 Å². The largest absolute Gasteiger partial charge is 0.444 e. The monoisotopic (exact) mass is 376 g/mol. The van der Waals surface area contributed by atoms with E-state index in [4.69, 9.17) is 4.74 Å². The highest BCUT2D eigenvalue weighted by Crippen LogP contribution is 2.38. The van der Waals surface area contributed by atoms with Crippen LogP contribution >= 0.6 is 0 Å². The average molecular weight is 376 g/mol. The van der Waals surface area contributed by atoms with Gasteiger partial charge in [-0.1, -0.05) is 12.1 Å². The topological polar surface area (TPSA) is 58.6 Å². The van der Waals surface area contributed by atoms with Gasteiger partial charge in [0, 0.05) is 13.1 Å². The molecule has 0 radical (unpaired) electrons. The molecule has 0 spiro atoms. The standard InChI is InChI=1S/C21H29FN2O3/c1-20(2,3)27-19(26)23-21(10-11-21)18(25)24-12-4-5-16(14-24)13-15-6-8-17(22)9-7-15/h6-9,16H,4-5,10-14H2,1-3H3,(H,23,26)/t16-/m0/s1. The molecule has 2 fully saturated rings. The van der Waals surface area contributed by atoms with Gasteiger partial charge >= 0.3 is 6.09 Å². The van der Waals surface area contributed by atoms with Crippen LogP contribution in [0.15, 0.2) is 24.3 Å². The van der Waals surface area contributed by atoms with E-state index < -0.39 is 17.2 Å². The summed E-state index contributed by atoms with van der Waals surface area (Å²) in [6, 6.07) is 6.57. The molecule has 0 unspecified atom stereocenters. The molecule has 1 saturated carbocycles. The molecule has 3 rings (SSSR count).